The minimum absolute atomic E-state index is 0.253. The van der Waals surface area contributed by atoms with Gasteiger partial charge in [-0.05, 0) is 30.5 Å². The van der Waals surface area contributed by atoms with Gasteiger partial charge in [0, 0.05) is 12.6 Å². The molecule has 5 heteroatoms. The second-order valence-electron chi connectivity index (χ2n) is 5.26. The molecular formula is C15H20F3NO. The Hall–Kier alpha value is -1.23. The fourth-order valence-electron chi connectivity index (χ4n) is 2.44. The van der Waals surface area contributed by atoms with Crippen molar-refractivity contribution < 1.29 is 17.9 Å². The molecule has 1 aliphatic carbocycles. The number of alkyl halides is 3. The molecule has 0 heterocycles. The summed E-state index contributed by atoms with van der Waals surface area (Å²) >= 11 is 0. The van der Waals surface area contributed by atoms with E-state index in [9.17, 15) is 13.2 Å². The van der Waals surface area contributed by atoms with Crippen molar-refractivity contribution in [2.45, 2.75) is 50.9 Å². The molecular weight excluding hydrogens is 267 g/mol. The Balaban J connectivity index is 1.76. The van der Waals surface area contributed by atoms with Crippen molar-refractivity contribution in [3.63, 3.8) is 0 Å². The van der Waals surface area contributed by atoms with Gasteiger partial charge in [0.25, 0.3) is 0 Å². The fraction of sp³-hybridized carbons (Fsp3) is 0.600. The van der Waals surface area contributed by atoms with Crippen molar-refractivity contribution in [1.29, 1.82) is 0 Å². The van der Waals surface area contributed by atoms with Gasteiger partial charge in [0.2, 0.25) is 0 Å². The van der Waals surface area contributed by atoms with Crippen molar-refractivity contribution in [2.24, 2.45) is 0 Å². The monoisotopic (exact) mass is 287 g/mol. The summed E-state index contributed by atoms with van der Waals surface area (Å²) in [6, 6.07) is 7.36. The number of hydrogen-bond donors (Lipinski definition) is 1. The van der Waals surface area contributed by atoms with Gasteiger partial charge < -0.3 is 10.1 Å². The van der Waals surface area contributed by atoms with E-state index in [0.29, 0.717) is 6.04 Å². The number of nitrogens with one attached hydrogen (secondary N) is 1. The molecule has 1 N–H and O–H groups in total. The Kier molecular flexibility index (Phi) is 5.29. The van der Waals surface area contributed by atoms with Gasteiger partial charge in [-0.3, -0.25) is 0 Å². The first-order valence-corrected chi connectivity index (χ1v) is 7.05. The molecule has 0 bridgehead atoms. The molecule has 112 valence electrons. The molecule has 1 aromatic carbocycles. The predicted molar refractivity (Wildman–Crippen MR) is 71.7 cm³/mol. The largest absolute Gasteiger partial charge is 0.484 e. The Morgan fingerprint density at radius 2 is 1.70 bits per heavy atom. The second kappa shape index (κ2) is 6.97. The highest BCUT2D eigenvalue weighted by Crippen LogP contribution is 2.20. The number of ether oxygens (including phenoxy) is 1. The van der Waals surface area contributed by atoms with Gasteiger partial charge in [0.1, 0.15) is 5.75 Å². The summed E-state index contributed by atoms with van der Waals surface area (Å²) in [7, 11) is 0. The fourth-order valence-corrected chi connectivity index (χ4v) is 2.44. The Morgan fingerprint density at radius 3 is 2.30 bits per heavy atom. The molecule has 0 amide bonds. The summed E-state index contributed by atoms with van der Waals surface area (Å²) in [6.07, 6.45) is 2.02. The average Bonchev–Trinajstić information content (AvgIpc) is 2.44. The highest BCUT2D eigenvalue weighted by molar-refractivity contribution is 5.27. The molecule has 0 unspecified atom stereocenters. The van der Waals surface area contributed by atoms with Gasteiger partial charge in [0.05, 0.1) is 0 Å². The van der Waals surface area contributed by atoms with E-state index in [1.165, 1.54) is 32.1 Å². The number of halogens is 3. The molecule has 1 saturated carbocycles. The summed E-state index contributed by atoms with van der Waals surface area (Å²) in [6.45, 7) is -0.489. The summed E-state index contributed by atoms with van der Waals surface area (Å²) in [4.78, 5) is 0. The summed E-state index contributed by atoms with van der Waals surface area (Å²) in [5.41, 5.74) is 1.06. The summed E-state index contributed by atoms with van der Waals surface area (Å²) in [5.74, 6) is 0.253. The standard InChI is InChI=1S/C15H20F3NO/c16-15(17,18)11-20-14-8-6-12(7-9-14)10-19-13-4-2-1-3-5-13/h6-9,13,19H,1-5,10-11H2. The van der Waals surface area contributed by atoms with Gasteiger partial charge in [-0.25, -0.2) is 0 Å². The van der Waals surface area contributed by atoms with Crippen LogP contribution in [0.4, 0.5) is 13.2 Å². The van der Waals surface area contributed by atoms with Crippen LogP contribution in [-0.2, 0) is 6.54 Å². The third kappa shape index (κ3) is 5.41. The van der Waals surface area contributed by atoms with Crippen LogP contribution in [-0.4, -0.2) is 18.8 Å². The van der Waals surface area contributed by atoms with E-state index in [1.807, 2.05) is 12.1 Å². The lowest BCUT2D eigenvalue weighted by Gasteiger charge is -2.22. The summed E-state index contributed by atoms with van der Waals surface area (Å²) < 4.78 is 40.7. The van der Waals surface area contributed by atoms with Gasteiger partial charge in [-0.1, -0.05) is 31.4 Å². The van der Waals surface area contributed by atoms with Crippen LogP contribution in [0, 0.1) is 0 Å². The van der Waals surface area contributed by atoms with E-state index in [4.69, 9.17) is 0 Å². The maximum Gasteiger partial charge on any atom is 0.422 e. The molecule has 1 aliphatic rings. The van der Waals surface area contributed by atoms with E-state index in [-0.39, 0.29) is 5.75 Å². The highest BCUT2D eigenvalue weighted by Gasteiger charge is 2.28. The van der Waals surface area contributed by atoms with Crippen LogP contribution in [0.1, 0.15) is 37.7 Å². The molecule has 0 saturated heterocycles. The van der Waals surface area contributed by atoms with Gasteiger partial charge >= 0.3 is 6.18 Å². The third-order valence-corrected chi connectivity index (χ3v) is 3.53. The van der Waals surface area contributed by atoms with Gasteiger partial charge in [-0.15, -0.1) is 0 Å². The first-order chi connectivity index (χ1) is 9.53. The molecule has 1 fully saturated rings. The first kappa shape index (κ1) is 15.2. The minimum atomic E-state index is -4.29. The van der Waals surface area contributed by atoms with Crippen LogP contribution in [0.15, 0.2) is 24.3 Å². The lowest BCUT2D eigenvalue weighted by atomic mass is 9.95. The first-order valence-electron chi connectivity index (χ1n) is 7.05. The van der Waals surface area contributed by atoms with Gasteiger partial charge in [0.15, 0.2) is 6.61 Å². The van der Waals surface area contributed by atoms with E-state index < -0.39 is 12.8 Å². The SMILES string of the molecule is FC(F)(F)COc1ccc(CNC2CCCCC2)cc1. The molecule has 0 radical (unpaired) electrons. The van der Waals surface area contributed by atoms with E-state index >= 15 is 0 Å². The zero-order chi connectivity index (χ0) is 14.4. The third-order valence-electron chi connectivity index (χ3n) is 3.53. The van der Waals surface area contributed by atoms with Crippen molar-refractivity contribution in [3.05, 3.63) is 29.8 Å². The Labute approximate surface area is 117 Å². The maximum atomic E-state index is 12.0. The molecule has 1 aromatic rings. The molecule has 0 aromatic heterocycles. The van der Waals surface area contributed by atoms with Crippen LogP contribution >= 0.6 is 0 Å². The zero-order valence-corrected chi connectivity index (χ0v) is 11.4. The van der Waals surface area contributed by atoms with Crippen LogP contribution in [0.3, 0.4) is 0 Å². The zero-order valence-electron chi connectivity index (χ0n) is 11.4. The minimum Gasteiger partial charge on any atom is -0.484 e. The molecule has 20 heavy (non-hydrogen) atoms. The molecule has 2 rings (SSSR count). The van der Waals surface area contributed by atoms with Crippen LogP contribution in [0.5, 0.6) is 5.75 Å². The average molecular weight is 287 g/mol. The van der Waals surface area contributed by atoms with E-state index in [1.54, 1.807) is 12.1 Å². The number of rotatable bonds is 5. The molecule has 0 atom stereocenters. The van der Waals surface area contributed by atoms with E-state index in [0.717, 1.165) is 12.1 Å². The second-order valence-corrected chi connectivity index (χ2v) is 5.26. The quantitative estimate of drug-likeness (QED) is 0.882. The normalized spacial score (nSPS) is 17.1. The topological polar surface area (TPSA) is 21.3 Å². The maximum absolute atomic E-state index is 12.0. The Morgan fingerprint density at radius 1 is 1.05 bits per heavy atom. The highest BCUT2D eigenvalue weighted by atomic mass is 19.4. The molecule has 2 nitrogen and oxygen atoms in total. The van der Waals surface area contributed by atoms with Crippen molar-refractivity contribution in [2.75, 3.05) is 6.61 Å². The van der Waals surface area contributed by atoms with Crippen LogP contribution in [0.2, 0.25) is 0 Å². The number of benzene rings is 1. The summed E-state index contributed by atoms with van der Waals surface area (Å²) in [5, 5.41) is 3.49. The van der Waals surface area contributed by atoms with Crippen LogP contribution in [0.25, 0.3) is 0 Å². The number of hydrogen-bond acceptors (Lipinski definition) is 2. The van der Waals surface area contributed by atoms with Crippen molar-refractivity contribution in [1.82, 2.24) is 5.32 Å². The van der Waals surface area contributed by atoms with Crippen LogP contribution < -0.4 is 10.1 Å². The molecule has 0 aliphatic heterocycles. The van der Waals surface area contributed by atoms with Gasteiger partial charge in [-0.2, -0.15) is 13.2 Å². The Bertz CT molecular complexity index is 397. The molecule has 0 spiro atoms. The lowest BCUT2D eigenvalue weighted by molar-refractivity contribution is -0.153. The lowest BCUT2D eigenvalue weighted by Crippen LogP contribution is -2.30. The van der Waals surface area contributed by atoms with Crippen molar-refractivity contribution >= 4 is 0 Å². The van der Waals surface area contributed by atoms with E-state index in [2.05, 4.69) is 10.1 Å². The van der Waals surface area contributed by atoms with Crippen molar-refractivity contribution in [3.8, 4) is 5.75 Å². The predicted octanol–water partition coefficient (Wildman–Crippen LogP) is 4.05. The smallest absolute Gasteiger partial charge is 0.422 e.